The van der Waals surface area contributed by atoms with Crippen LogP contribution in [0.3, 0.4) is 0 Å². The lowest BCUT2D eigenvalue weighted by Crippen LogP contribution is -2.43. The number of hydrogen-bond acceptors (Lipinski definition) is 3. The van der Waals surface area contributed by atoms with E-state index in [4.69, 9.17) is 9.97 Å². The number of nitrogens with zero attached hydrogens (tertiary/aromatic N) is 3. The van der Waals surface area contributed by atoms with Gasteiger partial charge in [0.1, 0.15) is 0 Å². The summed E-state index contributed by atoms with van der Waals surface area (Å²) < 4.78 is 93.9. The molecule has 1 heterocycles. The van der Waals surface area contributed by atoms with Crippen LogP contribution in [0.15, 0.2) is 152 Å². The third-order valence-corrected chi connectivity index (χ3v) is 9.82. The number of rotatable bonds is 5. The van der Waals surface area contributed by atoms with Gasteiger partial charge in [-0.25, -0.2) is 15.0 Å². The average molecular weight is 710 g/mol. The van der Waals surface area contributed by atoms with Crippen molar-refractivity contribution in [3.8, 4) is 56.4 Å². The summed E-state index contributed by atoms with van der Waals surface area (Å²) in [5.41, 5.74) is 1.68. The van der Waals surface area contributed by atoms with Gasteiger partial charge in [-0.05, 0) is 55.9 Å². The second-order valence-electron chi connectivity index (χ2n) is 13.0. The second-order valence-corrected chi connectivity index (χ2v) is 13.0. The normalized spacial score (nSPS) is 15.4. The Morgan fingerprint density at radius 3 is 1.11 bits per heavy atom. The molecule has 1 aliphatic rings. The highest BCUT2D eigenvalue weighted by Crippen LogP contribution is 2.66. The average Bonchev–Trinajstić information content (AvgIpc) is 3.31. The minimum atomic E-state index is -5.69. The van der Waals surface area contributed by atoms with Crippen LogP contribution in [0, 0.1) is 0 Å². The fraction of sp³-hybridized carbons (Fsp3) is 0.0682. The highest BCUT2D eigenvalue weighted by atomic mass is 19.3. The van der Waals surface area contributed by atoms with Crippen molar-refractivity contribution in [2.24, 2.45) is 0 Å². The zero-order valence-electron chi connectivity index (χ0n) is 27.5. The molecular weight excluding hydrogens is 684 g/mol. The Kier molecular flexibility index (Phi) is 7.28. The Bertz CT molecular complexity index is 2680. The van der Waals surface area contributed by atoms with Crippen LogP contribution in [0.4, 0.5) is 26.3 Å². The number of alkyl halides is 6. The van der Waals surface area contributed by atoms with Crippen LogP contribution < -0.4 is 0 Å². The maximum atomic E-state index is 15.9. The number of hydrogen-bond donors (Lipinski definition) is 0. The summed E-state index contributed by atoms with van der Waals surface area (Å²) in [6, 6.07) is 43.8. The van der Waals surface area contributed by atoms with Gasteiger partial charge >= 0.3 is 17.8 Å². The Morgan fingerprint density at radius 2 is 0.623 bits per heavy atom. The molecule has 1 aliphatic carbocycles. The molecule has 0 fully saturated rings. The highest BCUT2D eigenvalue weighted by Gasteiger charge is 2.80. The van der Waals surface area contributed by atoms with Crippen molar-refractivity contribution in [3.63, 3.8) is 0 Å². The van der Waals surface area contributed by atoms with E-state index in [2.05, 4.69) is 4.98 Å². The summed E-state index contributed by atoms with van der Waals surface area (Å²) >= 11 is 0. The summed E-state index contributed by atoms with van der Waals surface area (Å²) in [5.74, 6) is -15.5. The molecule has 0 spiro atoms. The van der Waals surface area contributed by atoms with E-state index in [1.165, 1.54) is 24.3 Å². The summed E-state index contributed by atoms with van der Waals surface area (Å²) in [6.45, 7) is 0. The maximum Gasteiger partial charge on any atom is 0.380 e. The quantitative estimate of drug-likeness (QED) is 0.132. The SMILES string of the molecule is FC1(F)c2c(c3cc(-c4nc(-c5ccccc5)nc(-c5ccc(-c6ccccc6)cc5)n4)ccc3c3ccc(-c4ccccc4)cc23)C(F)(F)C1(F)F. The molecule has 7 aromatic carbocycles. The van der Waals surface area contributed by atoms with E-state index >= 15 is 26.3 Å². The predicted octanol–water partition coefficient (Wildman–Crippen LogP) is 12.3. The van der Waals surface area contributed by atoms with E-state index in [1.807, 2.05) is 72.8 Å². The molecule has 53 heavy (non-hydrogen) atoms. The predicted molar refractivity (Wildman–Crippen MR) is 195 cm³/mol. The Morgan fingerprint density at radius 1 is 0.302 bits per heavy atom. The van der Waals surface area contributed by atoms with Crippen LogP contribution in [0.1, 0.15) is 11.1 Å². The molecule has 0 N–H and O–H groups in total. The molecule has 0 amide bonds. The third-order valence-electron chi connectivity index (χ3n) is 9.82. The lowest BCUT2D eigenvalue weighted by atomic mass is 9.89. The smallest absolute Gasteiger partial charge is 0.208 e. The first-order chi connectivity index (χ1) is 25.5. The molecule has 3 nitrogen and oxygen atoms in total. The molecule has 0 saturated carbocycles. The lowest BCUT2D eigenvalue weighted by molar-refractivity contribution is -0.301. The van der Waals surface area contributed by atoms with E-state index < -0.39 is 34.3 Å². The summed E-state index contributed by atoms with van der Waals surface area (Å²) in [5, 5.41) is -0.548. The van der Waals surface area contributed by atoms with E-state index in [-0.39, 0.29) is 39.2 Å². The van der Waals surface area contributed by atoms with Gasteiger partial charge in [-0.3, -0.25) is 0 Å². The van der Waals surface area contributed by atoms with Crippen molar-refractivity contribution in [2.75, 3.05) is 0 Å². The van der Waals surface area contributed by atoms with Crippen LogP contribution in [-0.4, -0.2) is 20.9 Å². The second kappa shape index (κ2) is 11.8. The fourth-order valence-corrected chi connectivity index (χ4v) is 7.15. The van der Waals surface area contributed by atoms with Crippen molar-refractivity contribution < 1.29 is 26.3 Å². The van der Waals surface area contributed by atoms with Gasteiger partial charge in [0.2, 0.25) is 0 Å². The number of benzene rings is 7. The zero-order chi connectivity index (χ0) is 36.5. The van der Waals surface area contributed by atoms with Crippen LogP contribution in [0.5, 0.6) is 0 Å². The van der Waals surface area contributed by atoms with Crippen molar-refractivity contribution >= 4 is 21.5 Å². The first kappa shape index (κ1) is 32.6. The zero-order valence-corrected chi connectivity index (χ0v) is 27.5. The van der Waals surface area contributed by atoms with Gasteiger partial charge < -0.3 is 0 Å². The number of aromatic nitrogens is 3. The van der Waals surface area contributed by atoms with Crippen LogP contribution >= 0.6 is 0 Å². The van der Waals surface area contributed by atoms with Crippen molar-refractivity contribution in [1.82, 2.24) is 15.0 Å². The molecule has 0 saturated heterocycles. The van der Waals surface area contributed by atoms with E-state index in [1.54, 1.807) is 54.6 Å². The third kappa shape index (κ3) is 5.02. The standard InChI is InChI=1S/C44H25F6N3/c45-42(46)37-35-24-31(27-12-6-2-7-13-27)20-22-33(35)34-23-21-32(25-36(34)38(37)43(47,48)44(42,49)50)41-52-39(29-14-8-3-9-15-29)51-40(53-41)30-18-16-28(17-19-30)26-10-4-1-5-11-26/h1-25H. The van der Waals surface area contributed by atoms with Crippen molar-refractivity contribution in [2.45, 2.75) is 17.8 Å². The monoisotopic (exact) mass is 709 g/mol. The summed E-state index contributed by atoms with van der Waals surface area (Å²) in [7, 11) is 0. The summed E-state index contributed by atoms with van der Waals surface area (Å²) in [6.07, 6.45) is 0. The van der Waals surface area contributed by atoms with Gasteiger partial charge in [-0.15, -0.1) is 0 Å². The van der Waals surface area contributed by atoms with Crippen LogP contribution in [0.2, 0.25) is 0 Å². The minimum absolute atomic E-state index is 0.0518. The van der Waals surface area contributed by atoms with Gasteiger partial charge in [-0.2, -0.15) is 26.3 Å². The van der Waals surface area contributed by atoms with E-state index in [0.717, 1.165) is 11.1 Å². The Balaban J connectivity index is 1.27. The first-order valence-corrected chi connectivity index (χ1v) is 16.8. The summed E-state index contributed by atoms with van der Waals surface area (Å²) in [4.78, 5) is 14.1. The van der Waals surface area contributed by atoms with Gasteiger partial charge in [0.25, 0.3) is 0 Å². The lowest BCUT2D eigenvalue weighted by Gasteiger charge is -2.23. The van der Waals surface area contributed by atoms with Gasteiger partial charge in [-0.1, -0.05) is 140 Å². The first-order valence-electron chi connectivity index (χ1n) is 16.8. The van der Waals surface area contributed by atoms with Gasteiger partial charge in [0.05, 0.1) is 0 Å². The Hall–Kier alpha value is -6.35. The van der Waals surface area contributed by atoms with Gasteiger partial charge in [0.15, 0.2) is 17.5 Å². The molecule has 0 bridgehead atoms. The molecule has 0 radical (unpaired) electrons. The van der Waals surface area contributed by atoms with E-state index in [9.17, 15) is 0 Å². The molecule has 0 atom stereocenters. The van der Waals surface area contributed by atoms with Crippen molar-refractivity contribution in [1.29, 1.82) is 0 Å². The highest BCUT2D eigenvalue weighted by molar-refractivity contribution is 6.13. The van der Waals surface area contributed by atoms with Crippen LogP contribution in [0.25, 0.3) is 78.0 Å². The number of fused-ring (bicyclic) bond motifs is 6. The molecule has 0 aliphatic heterocycles. The molecule has 1 aromatic heterocycles. The Labute approximate surface area is 299 Å². The fourth-order valence-electron chi connectivity index (χ4n) is 7.15. The van der Waals surface area contributed by atoms with E-state index in [0.29, 0.717) is 22.3 Å². The largest absolute Gasteiger partial charge is 0.380 e. The molecule has 0 unspecified atom stereocenters. The van der Waals surface area contributed by atoms with Crippen LogP contribution in [-0.2, 0) is 11.8 Å². The molecule has 8 aromatic rings. The topological polar surface area (TPSA) is 38.7 Å². The molecule has 258 valence electrons. The van der Waals surface area contributed by atoms with Crippen molar-refractivity contribution in [3.05, 3.63) is 163 Å². The maximum absolute atomic E-state index is 15.9. The minimum Gasteiger partial charge on any atom is -0.208 e. The van der Waals surface area contributed by atoms with Gasteiger partial charge in [0, 0.05) is 27.8 Å². The molecule has 9 heteroatoms. The number of halogens is 6. The molecular formula is C44H25F6N3. The molecule has 9 rings (SSSR count).